The van der Waals surface area contributed by atoms with Crippen LogP contribution in [0.2, 0.25) is 0 Å². The summed E-state index contributed by atoms with van der Waals surface area (Å²) < 4.78 is 1.74. The van der Waals surface area contributed by atoms with E-state index in [0.29, 0.717) is 12.2 Å². The van der Waals surface area contributed by atoms with Gasteiger partial charge >= 0.3 is 0 Å². The van der Waals surface area contributed by atoms with Gasteiger partial charge in [0.15, 0.2) is 5.69 Å². The smallest absolute Gasteiger partial charge is 0.274 e. The highest BCUT2D eigenvalue weighted by molar-refractivity contribution is 5.98. The van der Waals surface area contributed by atoms with Crippen molar-refractivity contribution in [2.45, 2.75) is 27.2 Å². The molecule has 0 aliphatic heterocycles. The van der Waals surface area contributed by atoms with Gasteiger partial charge < -0.3 is 10.2 Å². The Bertz CT molecular complexity index is 995. The highest BCUT2D eigenvalue weighted by Gasteiger charge is 2.22. The number of carbonyl (C=O) groups excluding carboxylic acids is 2. The van der Waals surface area contributed by atoms with E-state index in [0.717, 1.165) is 29.1 Å². The second-order valence-electron chi connectivity index (χ2n) is 7.01. The second-order valence-corrected chi connectivity index (χ2v) is 7.01. The number of benzene rings is 2. The summed E-state index contributed by atoms with van der Waals surface area (Å²) in [5, 5.41) is 7.37. The van der Waals surface area contributed by atoms with Crippen LogP contribution in [0.3, 0.4) is 0 Å². The summed E-state index contributed by atoms with van der Waals surface area (Å²) >= 11 is 0. The summed E-state index contributed by atoms with van der Waals surface area (Å²) in [6, 6.07) is 19.0. The lowest BCUT2D eigenvalue weighted by Gasteiger charge is -2.21. The molecule has 0 atom stereocenters. The van der Waals surface area contributed by atoms with Crippen molar-refractivity contribution >= 4 is 17.5 Å². The Morgan fingerprint density at radius 3 is 2.41 bits per heavy atom. The van der Waals surface area contributed by atoms with E-state index in [1.54, 1.807) is 15.6 Å². The van der Waals surface area contributed by atoms with Crippen molar-refractivity contribution in [3.8, 4) is 5.69 Å². The molecule has 6 nitrogen and oxygen atoms in total. The number of aryl methyl sites for hydroxylation is 2. The largest absolute Gasteiger partial charge is 0.328 e. The molecule has 0 aliphatic carbocycles. The number of amides is 2. The topological polar surface area (TPSA) is 67.2 Å². The number of para-hydroxylation sites is 2. The van der Waals surface area contributed by atoms with Crippen molar-refractivity contribution in [3.63, 3.8) is 0 Å². The van der Waals surface area contributed by atoms with Crippen molar-refractivity contribution in [2.75, 3.05) is 18.4 Å². The van der Waals surface area contributed by atoms with E-state index in [9.17, 15) is 9.59 Å². The predicted molar refractivity (Wildman–Crippen MR) is 114 cm³/mol. The zero-order chi connectivity index (χ0) is 20.8. The third kappa shape index (κ3) is 4.90. The van der Waals surface area contributed by atoms with E-state index in [4.69, 9.17) is 0 Å². The van der Waals surface area contributed by atoms with E-state index >= 15 is 0 Å². The minimum Gasteiger partial charge on any atom is -0.328 e. The van der Waals surface area contributed by atoms with Crippen molar-refractivity contribution in [2.24, 2.45) is 0 Å². The molecule has 0 unspecified atom stereocenters. The lowest BCUT2D eigenvalue weighted by atomic mass is 10.2. The van der Waals surface area contributed by atoms with Gasteiger partial charge in [0.25, 0.3) is 5.91 Å². The first-order valence-electron chi connectivity index (χ1n) is 9.76. The molecule has 29 heavy (non-hydrogen) atoms. The molecule has 0 saturated carbocycles. The van der Waals surface area contributed by atoms with Gasteiger partial charge in [0.2, 0.25) is 5.91 Å². The Morgan fingerprint density at radius 1 is 1.03 bits per heavy atom. The van der Waals surface area contributed by atoms with Gasteiger partial charge in [0.1, 0.15) is 6.54 Å². The first-order valence-corrected chi connectivity index (χ1v) is 9.76. The number of carbonyl (C=O) groups is 2. The van der Waals surface area contributed by atoms with Crippen molar-refractivity contribution in [3.05, 3.63) is 77.6 Å². The van der Waals surface area contributed by atoms with Gasteiger partial charge in [-0.15, -0.1) is 0 Å². The summed E-state index contributed by atoms with van der Waals surface area (Å²) in [5.41, 5.74) is 3.82. The van der Waals surface area contributed by atoms with Crippen LogP contribution in [0.25, 0.3) is 5.69 Å². The molecule has 150 valence electrons. The Morgan fingerprint density at radius 2 is 1.72 bits per heavy atom. The summed E-state index contributed by atoms with van der Waals surface area (Å²) in [4.78, 5) is 27.2. The van der Waals surface area contributed by atoms with Crippen LogP contribution in [-0.4, -0.2) is 39.6 Å². The van der Waals surface area contributed by atoms with Crippen LogP contribution >= 0.6 is 0 Å². The van der Waals surface area contributed by atoms with E-state index in [1.165, 1.54) is 0 Å². The Labute approximate surface area is 171 Å². The van der Waals surface area contributed by atoms with Gasteiger partial charge in [-0.2, -0.15) is 5.10 Å². The molecule has 1 aromatic heterocycles. The number of aromatic nitrogens is 2. The number of rotatable bonds is 7. The standard InChI is InChI=1S/C23H26N4O2/c1-4-14-26(16-22(28)24-20-13-9-8-10-17(20)2)23(29)21-15-18(3)27(25-21)19-11-6-5-7-12-19/h5-13,15H,4,14,16H2,1-3H3,(H,24,28). The average Bonchev–Trinajstić information content (AvgIpc) is 3.11. The molecule has 0 radical (unpaired) electrons. The van der Waals surface area contributed by atoms with Gasteiger partial charge in [-0.1, -0.05) is 43.3 Å². The van der Waals surface area contributed by atoms with Crippen LogP contribution < -0.4 is 5.32 Å². The van der Waals surface area contributed by atoms with Crippen LogP contribution in [0.1, 0.15) is 35.1 Å². The maximum atomic E-state index is 13.1. The molecule has 3 aromatic rings. The minimum atomic E-state index is -0.246. The predicted octanol–water partition coefficient (Wildman–Crippen LogP) is 3.98. The maximum Gasteiger partial charge on any atom is 0.274 e. The third-order valence-electron chi connectivity index (χ3n) is 4.64. The molecule has 0 aliphatic rings. The molecule has 0 spiro atoms. The normalized spacial score (nSPS) is 10.6. The zero-order valence-corrected chi connectivity index (χ0v) is 17.1. The van der Waals surface area contributed by atoms with Crippen molar-refractivity contribution in [1.29, 1.82) is 0 Å². The second kappa shape index (κ2) is 9.19. The maximum absolute atomic E-state index is 13.1. The molecule has 0 fully saturated rings. The fourth-order valence-electron chi connectivity index (χ4n) is 3.17. The van der Waals surface area contributed by atoms with E-state index < -0.39 is 0 Å². The summed E-state index contributed by atoms with van der Waals surface area (Å²) in [7, 11) is 0. The number of hydrogen-bond acceptors (Lipinski definition) is 3. The quantitative estimate of drug-likeness (QED) is 0.663. The fourth-order valence-corrected chi connectivity index (χ4v) is 3.17. The minimum absolute atomic E-state index is 0.0156. The summed E-state index contributed by atoms with van der Waals surface area (Å²) in [5.74, 6) is -0.468. The lowest BCUT2D eigenvalue weighted by molar-refractivity contribution is -0.116. The van der Waals surface area contributed by atoms with E-state index in [1.807, 2.05) is 75.4 Å². The van der Waals surface area contributed by atoms with Gasteiger partial charge in [-0.3, -0.25) is 9.59 Å². The molecule has 0 saturated heterocycles. The van der Waals surface area contributed by atoms with Crippen LogP contribution in [0.4, 0.5) is 5.69 Å². The van der Waals surface area contributed by atoms with Crippen molar-refractivity contribution in [1.82, 2.24) is 14.7 Å². The highest BCUT2D eigenvalue weighted by Crippen LogP contribution is 2.15. The molecule has 2 amide bonds. The van der Waals surface area contributed by atoms with Crippen LogP contribution in [0, 0.1) is 13.8 Å². The van der Waals surface area contributed by atoms with E-state index in [2.05, 4.69) is 10.4 Å². The average molecular weight is 390 g/mol. The van der Waals surface area contributed by atoms with Crippen LogP contribution in [0.15, 0.2) is 60.7 Å². The molecule has 0 bridgehead atoms. The van der Waals surface area contributed by atoms with Crippen LogP contribution in [0.5, 0.6) is 0 Å². The molecular formula is C23H26N4O2. The molecule has 2 aromatic carbocycles. The van der Waals surface area contributed by atoms with Gasteiger partial charge in [0, 0.05) is 17.9 Å². The van der Waals surface area contributed by atoms with Crippen molar-refractivity contribution < 1.29 is 9.59 Å². The molecule has 1 heterocycles. The van der Waals surface area contributed by atoms with Crippen LogP contribution in [-0.2, 0) is 4.79 Å². The first-order chi connectivity index (χ1) is 14.0. The number of anilines is 1. The lowest BCUT2D eigenvalue weighted by Crippen LogP contribution is -2.38. The molecular weight excluding hydrogens is 364 g/mol. The number of nitrogens with one attached hydrogen (secondary N) is 1. The molecule has 1 N–H and O–H groups in total. The van der Waals surface area contributed by atoms with E-state index in [-0.39, 0.29) is 18.4 Å². The van der Waals surface area contributed by atoms with Gasteiger partial charge in [-0.05, 0) is 50.1 Å². The Hall–Kier alpha value is -3.41. The van der Waals surface area contributed by atoms with Gasteiger partial charge in [0.05, 0.1) is 5.69 Å². The Kier molecular flexibility index (Phi) is 6.44. The number of nitrogens with zero attached hydrogens (tertiary/aromatic N) is 3. The monoisotopic (exact) mass is 390 g/mol. The first kappa shape index (κ1) is 20.3. The summed E-state index contributed by atoms with van der Waals surface area (Å²) in [6.07, 6.45) is 0.752. The fraction of sp³-hybridized carbons (Fsp3) is 0.261. The number of hydrogen-bond donors (Lipinski definition) is 1. The zero-order valence-electron chi connectivity index (χ0n) is 17.1. The molecule has 6 heteroatoms. The highest BCUT2D eigenvalue weighted by atomic mass is 16.2. The summed E-state index contributed by atoms with van der Waals surface area (Å²) in [6.45, 7) is 6.29. The molecule has 3 rings (SSSR count). The Balaban J connectivity index is 1.76. The SMILES string of the molecule is CCCN(CC(=O)Nc1ccccc1C)C(=O)c1cc(C)n(-c2ccccc2)n1. The van der Waals surface area contributed by atoms with Gasteiger partial charge in [-0.25, -0.2) is 4.68 Å². The third-order valence-corrected chi connectivity index (χ3v) is 4.64.